The van der Waals surface area contributed by atoms with E-state index in [1.165, 1.54) is 6.42 Å². The zero-order valence-corrected chi connectivity index (χ0v) is 9.07. The Kier molecular flexibility index (Phi) is 3.26. The summed E-state index contributed by atoms with van der Waals surface area (Å²) in [6, 6.07) is 0. The minimum absolute atomic E-state index is 0.0219. The van der Waals surface area contributed by atoms with Gasteiger partial charge in [-0.05, 0) is 38.6 Å². The van der Waals surface area contributed by atoms with Crippen molar-refractivity contribution in [2.75, 3.05) is 26.2 Å². The van der Waals surface area contributed by atoms with Gasteiger partial charge in [0.2, 0.25) is 0 Å². The van der Waals surface area contributed by atoms with Crippen molar-refractivity contribution in [3.63, 3.8) is 0 Å². The lowest BCUT2D eigenvalue weighted by Crippen LogP contribution is -2.52. The van der Waals surface area contributed by atoms with Gasteiger partial charge in [0.1, 0.15) is 0 Å². The lowest BCUT2D eigenvalue weighted by Gasteiger charge is -2.44. The zero-order valence-electron chi connectivity index (χ0n) is 9.07. The lowest BCUT2D eigenvalue weighted by atomic mass is 9.86. The maximum atomic E-state index is 10.7. The molecule has 0 amide bonds. The first-order valence-electron chi connectivity index (χ1n) is 5.78. The average Bonchev–Trinajstić information content (AvgIpc) is 2.17. The second-order valence-electron chi connectivity index (χ2n) is 4.70. The van der Waals surface area contributed by atoms with Gasteiger partial charge in [-0.1, -0.05) is 0 Å². The molecule has 0 aromatic carbocycles. The molecule has 2 saturated heterocycles. The quantitative estimate of drug-likeness (QED) is 0.746. The van der Waals surface area contributed by atoms with Crippen LogP contribution in [0.15, 0.2) is 0 Å². The number of hydrogen-bond donors (Lipinski definition) is 1. The fraction of sp³-hybridized carbons (Fsp3) is 0.909. The van der Waals surface area contributed by atoms with Crippen LogP contribution in [0.2, 0.25) is 0 Å². The Balaban J connectivity index is 1.93. The molecular weight excluding hydrogens is 194 g/mol. The molecule has 0 bridgehead atoms. The van der Waals surface area contributed by atoms with E-state index in [0.29, 0.717) is 0 Å². The van der Waals surface area contributed by atoms with Crippen molar-refractivity contribution in [2.24, 2.45) is 0 Å². The molecule has 15 heavy (non-hydrogen) atoms. The molecule has 2 fully saturated rings. The maximum Gasteiger partial charge on any atom is 0.317 e. The molecule has 1 atom stereocenters. The van der Waals surface area contributed by atoms with E-state index in [-0.39, 0.29) is 12.1 Å². The predicted octanol–water partition coefficient (Wildman–Crippen LogP) is 1.11. The van der Waals surface area contributed by atoms with Crippen molar-refractivity contribution in [1.29, 1.82) is 0 Å². The molecule has 4 nitrogen and oxygen atoms in total. The number of piperidine rings is 1. The van der Waals surface area contributed by atoms with E-state index < -0.39 is 5.97 Å². The molecule has 2 aliphatic heterocycles. The van der Waals surface area contributed by atoms with E-state index in [1.54, 1.807) is 0 Å². The van der Waals surface area contributed by atoms with Crippen LogP contribution in [-0.2, 0) is 9.53 Å². The first kappa shape index (κ1) is 10.9. The molecule has 2 aliphatic rings. The first-order valence-corrected chi connectivity index (χ1v) is 5.78. The van der Waals surface area contributed by atoms with E-state index in [0.717, 1.165) is 45.4 Å². The van der Waals surface area contributed by atoms with Gasteiger partial charge in [0.15, 0.2) is 0 Å². The Morgan fingerprint density at radius 2 is 2.13 bits per heavy atom. The van der Waals surface area contributed by atoms with E-state index in [9.17, 15) is 4.79 Å². The molecule has 1 N–H and O–H groups in total. The number of nitrogens with zero attached hydrogens (tertiary/aromatic N) is 1. The summed E-state index contributed by atoms with van der Waals surface area (Å²) >= 11 is 0. The Morgan fingerprint density at radius 3 is 2.80 bits per heavy atom. The Morgan fingerprint density at radius 1 is 1.33 bits per heavy atom. The highest BCUT2D eigenvalue weighted by atomic mass is 16.5. The van der Waals surface area contributed by atoms with Crippen LogP contribution >= 0.6 is 0 Å². The smallest absolute Gasteiger partial charge is 0.317 e. The fourth-order valence-corrected chi connectivity index (χ4v) is 2.75. The average molecular weight is 213 g/mol. The molecule has 0 aromatic rings. The van der Waals surface area contributed by atoms with Crippen LogP contribution in [0.4, 0.5) is 0 Å². The van der Waals surface area contributed by atoms with Gasteiger partial charge in [-0.3, -0.25) is 9.69 Å². The van der Waals surface area contributed by atoms with Crippen LogP contribution in [-0.4, -0.2) is 47.8 Å². The number of hydrogen-bond acceptors (Lipinski definition) is 3. The monoisotopic (exact) mass is 213 g/mol. The summed E-state index contributed by atoms with van der Waals surface area (Å²) in [5.41, 5.74) is -0.0219. The Hall–Kier alpha value is -0.610. The van der Waals surface area contributed by atoms with Crippen LogP contribution in [0.3, 0.4) is 0 Å². The summed E-state index contributed by atoms with van der Waals surface area (Å²) in [7, 11) is 0. The predicted molar refractivity (Wildman–Crippen MR) is 55.8 cm³/mol. The molecule has 4 heteroatoms. The molecule has 0 unspecified atom stereocenters. The van der Waals surface area contributed by atoms with Crippen LogP contribution in [0.25, 0.3) is 0 Å². The second-order valence-corrected chi connectivity index (χ2v) is 4.70. The highest BCUT2D eigenvalue weighted by Crippen LogP contribution is 2.33. The normalized spacial score (nSPS) is 33.1. The number of likely N-dealkylation sites (tertiary alicyclic amines) is 1. The van der Waals surface area contributed by atoms with E-state index in [4.69, 9.17) is 9.84 Å². The number of carbonyl (C=O) groups is 1. The number of aliphatic carboxylic acids is 1. The largest absolute Gasteiger partial charge is 0.480 e. The molecule has 0 radical (unpaired) electrons. The third-order valence-corrected chi connectivity index (χ3v) is 3.41. The van der Waals surface area contributed by atoms with Crippen molar-refractivity contribution in [3.8, 4) is 0 Å². The summed E-state index contributed by atoms with van der Waals surface area (Å²) in [5, 5.41) is 8.77. The first-order chi connectivity index (χ1) is 7.20. The summed E-state index contributed by atoms with van der Waals surface area (Å²) in [6.07, 6.45) is 5.64. The van der Waals surface area contributed by atoms with E-state index in [1.807, 2.05) is 4.90 Å². The lowest BCUT2D eigenvalue weighted by molar-refractivity contribution is -0.144. The summed E-state index contributed by atoms with van der Waals surface area (Å²) in [5.74, 6) is -0.733. The van der Waals surface area contributed by atoms with Gasteiger partial charge >= 0.3 is 5.97 Å². The van der Waals surface area contributed by atoms with Crippen LogP contribution in [0.5, 0.6) is 0 Å². The third-order valence-electron chi connectivity index (χ3n) is 3.41. The summed E-state index contributed by atoms with van der Waals surface area (Å²) < 4.78 is 5.88. The SMILES string of the molecule is O=C(O)CN1CCC[C@]2(CCCCO2)C1. The highest BCUT2D eigenvalue weighted by molar-refractivity contribution is 5.69. The molecule has 86 valence electrons. The molecule has 0 saturated carbocycles. The Bertz CT molecular complexity index is 230. The van der Waals surface area contributed by atoms with Crippen molar-refractivity contribution >= 4 is 5.97 Å². The third kappa shape index (κ3) is 2.69. The molecule has 2 rings (SSSR count). The molecule has 0 aliphatic carbocycles. The number of carboxylic acid groups (broad SMARTS) is 1. The van der Waals surface area contributed by atoms with Gasteiger partial charge in [-0.15, -0.1) is 0 Å². The fourth-order valence-electron chi connectivity index (χ4n) is 2.75. The number of ether oxygens (including phenoxy) is 1. The van der Waals surface area contributed by atoms with Gasteiger partial charge in [0.25, 0.3) is 0 Å². The number of rotatable bonds is 2. The van der Waals surface area contributed by atoms with Gasteiger partial charge < -0.3 is 9.84 Å². The van der Waals surface area contributed by atoms with Crippen LogP contribution < -0.4 is 0 Å². The molecular formula is C11H19NO3. The van der Waals surface area contributed by atoms with Crippen molar-refractivity contribution in [3.05, 3.63) is 0 Å². The van der Waals surface area contributed by atoms with Crippen molar-refractivity contribution < 1.29 is 14.6 Å². The minimum Gasteiger partial charge on any atom is -0.480 e. The van der Waals surface area contributed by atoms with Gasteiger partial charge in [-0.2, -0.15) is 0 Å². The van der Waals surface area contributed by atoms with Gasteiger partial charge in [-0.25, -0.2) is 0 Å². The van der Waals surface area contributed by atoms with Crippen molar-refractivity contribution in [2.45, 2.75) is 37.7 Å². The van der Waals surface area contributed by atoms with Crippen LogP contribution in [0.1, 0.15) is 32.1 Å². The zero-order chi connectivity index (χ0) is 10.7. The standard InChI is InChI=1S/C11H19NO3/c13-10(14)8-12-6-3-5-11(9-12)4-1-2-7-15-11/h1-9H2,(H,13,14)/t11-/m1/s1. The topological polar surface area (TPSA) is 49.8 Å². The minimum atomic E-state index is -0.733. The molecule has 2 heterocycles. The molecule has 1 spiro atoms. The maximum absolute atomic E-state index is 10.7. The second kappa shape index (κ2) is 4.49. The summed E-state index contributed by atoms with van der Waals surface area (Å²) in [6.45, 7) is 2.71. The van der Waals surface area contributed by atoms with Gasteiger partial charge in [0, 0.05) is 13.2 Å². The van der Waals surface area contributed by atoms with E-state index >= 15 is 0 Å². The highest BCUT2D eigenvalue weighted by Gasteiger charge is 2.37. The molecule has 0 aromatic heterocycles. The number of carboxylic acids is 1. The summed E-state index contributed by atoms with van der Waals surface area (Å²) in [4.78, 5) is 12.7. The van der Waals surface area contributed by atoms with Crippen molar-refractivity contribution in [1.82, 2.24) is 4.90 Å². The van der Waals surface area contributed by atoms with Crippen LogP contribution in [0, 0.1) is 0 Å². The Labute approximate surface area is 90.2 Å². The van der Waals surface area contributed by atoms with E-state index in [2.05, 4.69) is 0 Å². The van der Waals surface area contributed by atoms with Gasteiger partial charge in [0.05, 0.1) is 12.1 Å².